The molecule has 0 radical (unpaired) electrons. The Morgan fingerprint density at radius 1 is 1.18 bits per heavy atom. The van der Waals surface area contributed by atoms with Gasteiger partial charge in [-0.25, -0.2) is 0 Å². The molecule has 1 saturated carbocycles. The third-order valence-corrected chi connectivity index (χ3v) is 5.37. The molecule has 0 spiro atoms. The maximum atomic E-state index is 12.9. The zero-order valence-corrected chi connectivity index (χ0v) is 16.8. The number of benzene rings is 1. The molecule has 0 bridgehead atoms. The highest BCUT2D eigenvalue weighted by Gasteiger charge is 2.42. The van der Waals surface area contributed by atoms with Crippen LogP contribution in [-0.4, -0.2) is 45.4 Å². The lowest BCUT2D eigenvalue weighted by molar-refractivity contribution is -0.122. The summed E-state index contributed by atoms with van der Waals surface area (Å²) in [7, 11) is 0. The van der Waals surface area contributed by atoms with Gasteiger partial charge in [-0.3, -0.25) is 4.79 Å². The molecule has 1 aromatic rings. The predicted molar refractivity (Wildman–Crippen MR) is 107 cm³/mol. The van der Waals surface area contributed by atoms with Gasteiger partial charge in [0.2, 0.25) is 5.91 Å². The van der Waals surface area contributed by atoms with Crippen molar-refractivity contribution >= 4 is 17.3 Å². The molecule has 152 valence electrons. The summed E-state index contributed by atoms with van der Waals surface area (Å²) in [5.41, 5.74) is 0.536. The maximum absolute atomic E-state index is 12.9. The van der Waals surface area contributed by atoms with Crippen LogP contribution in [-0.2, 0) is 9.53 Å². The molecule has 2 fully saturated rings. The van der Waals surface area contributed by atoms with Crippen LogP contribution in [0.4, 0.5) is 11.4 Å². The SMILES string of the molecule is CCOc1cc(N2CCOCC2)c(OCC)cc1NC(=O)C1(C#N)CCCC1. The molecule has 0 aromatic heterocycles. The third kappa shape index (κ3) is 4.17. The summed E-state index contributed by atoms with van der Waals surface area (Å²) in [5.74, 6) is 1.03. The summed E-state index contributed by atoms with van der Waals surface area (Å²) in [6.07, 6.45) is 3.01. The van der Waals surface area contributed by atoms with Crippen LogP contribution in [0.15, 0.2) is 12.1 Å². The molecular formula is C21H29N3O4. The highest BCUT2D eigenvalue weighted by Crippen LogP contribution is 2.42. The first-order valence-electron chi connectivity index (χ1n) is 10.1. The number of hydrogen-bond donors (Lipinski definition) is 1. The topological polar surface area (TPSA) is 83.8 Å². The summed E-state index contributed by atoms with van der Waals surface area (Å²) in [4.78, 5) is 15.1. The van der Waals surface area contributed by atoms with Gasteiger partial charge >= 0.3 is 0 Å². The van der Waals surface area contributed by atoms with Crippen LogP contribution in [0.1, 0.15) is 39.5 Å². The molecule has 2 aliphatic rings. The molecule has 1 aliphatic carbocycles. The molecule has 7 heteroatoms. The number of nitriles is 1. The van der Waals surface area contributed by atoms with Crippen molar-refractivity contribution in [3.8, 4) is 17.6 Å². The second-order valence-corrected chi connectivity index (χ2v) is 7.14. The fourth-order valence-electron chi connectivity index (χ4n) is 3.85. The van der Waals surface area contributed by atoms with Crippen molar-refractivity contribution in [3.05, 3.63) is 12.1 Å². The number of ether oxygens (including phenoxy) is 3. The average Bonchev–Trinajstić information content (AvgIpc) is 3.21. The van der Waals surface area contributed by atoms with E-state index in [1.807, 2.05) is 26.0 Å². The zero-order valence-electron chi connectivity index (χ0n) is 16.8. The number of carbonyl (C=O) groups excluding carboxylic acids is 1. The highest BCUT2D eigenvalue weighted by molar-refractivity contribution is 5.99. The number of hydrogen-bond acceptors (Lipinski definition) is 6. The maximum Gasteiger partial charge on any atom is 0.244 e. The van der Waals surface area contributed by atoms with E-state index >= 15 is 0 Å². The standard InChI is InChI=1S/C21H29N3O4/c1-3-27-18-14-17(24-9-11-26-12-10-24)19(28-4-2)13-16(18)23-20(25)21(15-22)7-5-6-8-21/h13-14H,3-12H2,1-2H3,(H,23,25). The molecular weight excluding hydrogens is 358 g/mol. The number of nitrogens with zero attached hydrogens (tertiary/aromatic N) is 2. The van der Waals surface area contributed by atoms with Gasteiger partial charge in [-0.15, -0.1) is 0 Å². The minimum atomic E-state index is -0.946. The third-order valence-electron chi connectivity index (χ3n) is 5.37. The summed E-state index contributed by atoms with van der Waals surface area (Å²) >= 11 is 0. The predicted octanol–water partition coefficient (Wildman–Crippen LogP) is 3.34. The normalized spacial score (nSPS) is 18.4. The molecule has 0 unspecified atom stereocenters. The van der Waals surface area contributed by atoms with Gasteiger partial charge in [-0.05, 0) is 26.7 Å². The highest BCUT2D eigenvalue weighted by atomic mass is 16.5. The number of carbonyl (C=O) groups is 1. The molecule has 1 saturated heterocycles. The van der Waals surface area contributed by atoms with Crippen molar-refractivity contribution in [2.24, 2.45) is 5.41 Å². The first-order chi connectivity index (χ1) is 13.6. The number of nitrogens with one attached hydrogen (secondary N) is 1. The minimum absolute atomic E-state index is 0.255. The molecule has 1 aliphatic heterocycles. The van der Waals surface area contributed by atoms with Gasteiger partial charge in [0.05, 0.1) is 43.9 Å². The van der Waals surface area contributed by atoms with Crippen molar-refractivity contribution in [3.63, 3.8) is 0 Å². The van der Waals surface area contributed by atoms with Crippen LogP contribution in [0.25, 0.3) is 0 Å². The molecule has 0 atom stereocenters. The Kier molecular flexibility index (Phi) is 6.63. The van der Waals surface area contributed by atoms with Gasteiger partial charge in [0, 0.05) is 25.2 Å². The summed E-state index contributed by atoms with van der Waals surface area (Å²) in [6, 6.07) is 5.98. The van der Waals surface area contributed by atoms with E-state index in [0.717, 1.165) is 31.6 Å². The second-order valence-electron chi connectivity index (χ2n) is 7.14. The fraction of sp³-hybridized carbons (Fsp3) is 0.619. The average molecular weight is 387 g/mol. The smallest absolute Gasteiger partial charge is 0.244 e. The lowest BCUT2D eigenvalue weighted by Gasteiger charge is -2.31. The van der Waals surface area contributed by atoms with Crippen LogP contribution in [0.3, 0.4) is 0 Å². The first kappa shape index (κ1) is 20.3. The molecule has 1 heterocycles. The lowest BCUT2D eigenvalue weighted by Crippen LogP contribution is -2.36. The lowest BCUT2D eigenvalue weighted by atomic mass is 9.87. The summed E-state index contributed by atoms with van der Waals surface area (Å²) in [5, 5.41) is 12.6. The molecule has 7 nitrogen and oxygen atoms in total. The van der Waals surface area contributed by atoms with E-state index < -0.39 is 5.41 Å². The number of morpholine rings is 1. The fourth-order valence-corrected chi connectivity index (χ4v) is 3.85. The van der Waals surface area contributed by atoms with Gasteiger partial charge in [-0.2, -0.15) is 5.26 Å². The minimum Gasteiger partial charge on any atom is -0.492 e. The Hall–Kier alpha value is -2.46. The van der Waals surface area contributed by atoms with Gasteiger partial charge in [0.1, 0.15) is 16.9 Å². The largest absolute Gasteiger partial charge is 0.492 e. The Morgan fingerprint density at radius 2 is 1.82 bits per heavy atom. The molecule has 1 N–H and O–H groups in total. The van der Waals surface area contributed by atoms with Crippen molar-refractivity contribution in [2.45, 2.75) is 39.5 Å². The molecule has 1 aromatic carbocycles. The quantitative estimate of drug-likeness (QED) is 0.772. The Morgan fingerprint density at radius 3 is 2.43 bits per heavy atom. The van der Waals surface area contributed by atoms with Crippen LogP contribution < -0.4 is 19.7 Å². The van der Waals surface area contributed by atoms with Gasteiger partial charge in [0.15, 0.2) is 0 Å². The van der Waals surface area contributed by atoms with E-state index in [1.165, 1.54) is 0 Å². The molecule has 28 heavy (non-hydrogen) atoms. The number of amides is 1. The monoisotopic (exact) mass is 387 g/mol. The van der Waals surface area contributed by atoms with Crippen molar-refractivity contribution in [1.82, 2.24) is 0 Å². The first-order valence-corrected chi connectivity index (χ1v) is 10.1. The zero-order chi connectivity index (χ0) is 20.0. The van der Waals surface area contributed by atoms with Crippen molar-refractivity contribution < 1.29 is 19.0 Å². The van der Waals surface area contributed by atoms with E-state index in [-0.39, 0.29) is 5.91 Å². The molecule has 3 rings (SSSR count). The summed E-state index contributed by atoms with van der Waals surface area (Å²) < 4.78 is 17.1. The van der Waals surface area contributed by atoms with E-state index in [1.54, 1.807) is 0 Å². The van der Waals surface area contributed by atoms with E-state index in [9.17, 15) is 10.1 Å². The Balaban J connectivity index is 1.93. The van der Waals surface area contributed by atoms with Crippen LogP contribution in [0, 0.1) is 16.7 Å². The van der Waals surface area contributed by atoms with Crippen molar-refractivity contribution in [2.75, 3.05) is 49.7 Å². The van der Waals surface area contributed by atoms with Crippen LogP contribution >= 0.6 is 0 Å². The van der Waals surface area contributed by atoms with Gasteiger partial charge < -0.3 is 24.4 Å². The number of rotatable bonds is 7. The van der Waals surface area contributed by atoms with Crippen LogP contribution in [0.5, 0.6) is 11.5 Å². The Labute approximate surface area is 166 Å². The van der Waals surface area contributed by atoms with Gasteiger partial charge in [0.25, 0.3) is 0 Å². The van der Waals surface area contributed by atoms with Crippen molar-refractivity contribution in [1.29, 1.82) is 5.26 Å². The van der Waals surface area contributed by atoms with Gasteiger partial charge in [-0.1, -0.05) is 12.8 Å². The second kappa shape index (κ2) is 9.16. The Bertz CT molecular complexity index is 732. The molecule has 1 amide bonds. The van der Waals surface area contributed by atoms with E-state index in [4.69, 9.17) is 14.2 Å². The summed E-state index contributed by atoms with van der Waals surface area (Å²) in [6.45, 7) is 7.70. The van der Waals surface area contributed by atoms with E-state index in [0.29, 0.717) is 56.5 Å². The number of anilines is 2. The van der Waals surface area contributed by atoms with Crippen LogP contribution in [0.2, 0.25) is 0 Å². The van der Waals surface area contributed by atoms with E-state index in [2.05, 4.69) is 16.3 Å².